The molecular formula is C20H30O4. The molecule has 0 spiro atoms. The smallest absolute Gasteiger partial charge is 0.303 e. The van der Waals surface area contributed by atoms with Crippen molar-refractivity contribution in [2.75, 3.05) is 0 Å². The third-order valence-electron chi connectivity index (χ3n) is 4.22. The summed E-state index contributed by atoms with van der Waals surface area (Å²) >= 11 is 0. The molecule has 0 bridgehead atoms. The number of hydrogen-bond acceptors (Lipinski definition) is 3. The van der Waals surface area contributed by atoms with E-state index in [9.17, 15) is 14.7 Å². The summed E-state index contributed by atoms with van der Waals surface area (Å²) in [6.45, 7) is 2.10. The molecule has 0 heterocycles. The SMILES string of the molecule is CCCC[C@H](O)/C=C/C1=C(C/C=C\CCCCC(=O)O)C(=O)CC1. The minimum atomic E-state index is -0.752. The van der Waals surface area contributed by atoms with Crippen LogP contribution in [0.25, 0.3) is 0 Å². The number of aliphatic hydroxyl groups excluding tert-OH is 1. The van der Waals surface area contributed by atoms with Crippen LogP contribution in [0.3, 0.4) is 0 Å². The Morgan fingerprint density at radius 1 is 1.21 bits per heavy atom. The summed E-state index contributed by atoms with van der Waals surface area (Å²) in [5.74, 6) is -0.550. The van der Waals surface area contributed by atoms with Crippen molar-refractivity contribution in [3.63, 3.8) is 0 Å². The molecule has 4 nitrogen and oxygen atoms in total. The molecule has 4 heteroatoms. The molecule has 0 saturated carbocycles. The number of unbranched alkanes of at least 4 members (excludes halogenated alkanes) is 3. The summed E-state index contributed by atoms with van der Waals surface area (Å²) in [4.78, 5) is 22.4. The first-order valence-corrected chi connectivity index (χ1v) is 9.02. The Bertz CT molecular complexity index is 500. The number of aliphatic hydroxyl groups is 1. The van der Waals surface area contributed by atoms with E-state index < -0.39 is 12.1 Å². The van der Waals surface area contributed by atoms with Crippen LogP contribution in [0.15, 0.2) is 35.5 Å². The quantitative estimate of drug-likeness (QED) is 0.411. The lowest BCUT2D eigenvalue weighted by atomic mass is 10.0. The Labute approximate surface area is 145 Å². The fraction of sp³-hybridized carbons (Fsp3) is 0.600. The Hall–Kier alpha value is -1.68. The minimum absolute atomic E-state index is 0.202. The fourth-order valence-electron chi connectivity index (χ4n) is 2.75. The highest BCUT2D eigenvalue weighted by atomic mass is 16.4. The van der Waals surface area contributed by atoms with Gasteiger partial charge < -0.3 is 10.2 Å². The van der Waals surface area contributed by atoms with E-state index in [1.54, 1.807) is 6.08 Å². The van der Waals surface area contributed by atoms with Crippen LogP contribution in [0, 0.1) is 0 Å². The molecule has 0 aromatic rings. The number of carboxylic acids is 1. The van der Waals surface area contributed by atoms with E-state index in [1.165, 1.54) is 0 Å². The number of hydrogen-bond donors (Lipinski definition) is 2. The number of aliphatic carboxylic acids is 1. The molecule has 0 amide bonds. The van der Waals surface area contributed by atoms with Crippen molar-refractivity contribution in [2.45, 2.75) is 77.2 Å². The molecule has 2 N–H and O–H groups in total. The minimum Gasteiger partial charge on any atom is -0.481 e. The molecule has 0 fully saturated rings. The van der Waals surface area contributed by atoms with E-state index in [0.29, 0.717) is 19.3 Å². The Morgan fingerprint density at radius 2 is 2.00 bits per heavy atom. The van der Waals surface area contributed by atoms with E-state index in [-0.39, 0.29) is 12.2 Å². The molecule has 1 aliphatic rings. The summed E-state index contributed by atoms with van der Waals surface area (Å²) in [5, 5.41) is 18.4. The molecule has 1 atom stereocenters. The zero-order valence-corrected chi connectivity index (χ0v) is 14.7. The van der Waals surface area contributed by atoms with Crippen molar-refractivity contribution in [3.8, 4) is 0 Å². The van der Waals surface area contributed by atoms with Crippen LogP contribution >= 0.6 is 0 Å². The number of carbonyl (C=O) groups excluding carboxylic acids is 1. The number of carboxylic acid groups (broad SMARTS) is 1. The molecule has 0 aromatic carbocycles. The molecule has 1 rings (SSSR count). The topological polar surface area (TPSA) is 74.6 Å². The van der Waals surface area contributed by atoms with Crippen molar-refractivity contribution in [1.82, 2.24) is 0 Å². The highest BCUT2D eigenvalue weighted by Crippen LogP contribution is 2.27. The zero-order chi connectivity index (χ0) is 17.8. The predicted octanol–water partition coefficient (Wildman–Crippen LogP) is 4.34. The second kappa shape index (κ2) is 11.8. The van der Waals surface area contributed by atoms with E-state index >= 15 is 0 Å². The molecule has 24 heavy (non-hydrogen) atoms. The molecule has 0 radical (unpaired) electrons. The Balaban J connectivity index is 2.45. The Morgan fingerprint density at radius 3 is 2.71 bits per heavy atom. The van der Waals surface area contributed by atoms with Crippen molar-refractivity contribution in [2.24, 2.45) is 0 Å². The van der Waals surface area contributed by atoms with Crippen molar-refractivity contribution >= 4 is 11.8 Å². The van der Waals surface area contributed by atoms with Crippen LogP contribution in [0.2, 0.25) is 0 Å². The van der Waals surface area contributed by atoms with Crippen LogP contribution in [0.5, 0.6) is 0 Å². The molecule has 0 saturated heterocycles. The van der Waals surface area contributed by atoms with Gasteiger partial charge in [0.1, 0.15) is 0 Å². The number of rotatable bonds is 12. The van der Waals surface area contributed by atoms with Gasteiger partial charge >= 0.3 is 5.97 Å². The van der Waals surface area contributed by atoms with Gasteiger partial charge in [-0.05, 0) is 44.1 Å². The second-order valence-electron chi connectivity index (χ2n) is 6.31. The lowest BCUT2D eigenvalue weighted by molar-refractivity contribution is -0.137. The van der Waals surface area contributed by atoms with Gasteiger partial charge in [0.05, 0.1) is 6.10 Å². The lowest BCUT2D eigenvalue weighted by Crippen LogP contribution is -2.01. The largest absolute Gasteiger partial charge is 0.481 e. The van der Waals surface area contributed by atoms with Gasteiger partial charge in [-0.15, -0.1) is 0 Å². The lowest BCUT2D eigenvalue weighted by Gasteiger charge is -2.04. The maximum atomic E-state index is 12.0. The molecule has 0 aromatic heterocycles. The monoisotopic (exact) mass is 334 g/mol. The van der Waals surface area contributed by atoms with Gasteiger partial charge in [0.15, 0.2) is 5.78 Å². The average Bonchev–Trinajstić information content (AvgIpc) is 2.90. The van der Waals surface area contributed by atoms with Crippen LogP contribution < -0.4 is 0 Å². The number of allylic oxidation sites excluding steroid dienone is 5. The van der Waals surface area contributed by atoms with E-state index in [2.05, 4.69) is 6.92 Å². The van der Waals surface area contributed by atoms with Gasteiger partial charge in [-0.25, -0.2) is 0 Å². The third kappa shape index (κ3) is 8.25. The number of Topliss-reactive ketones (excluding diaryl/α,β-unsaturated/α-hetero) is 1. The Kier molecular flexibility index (Phi) is 10.0. The summed E-state index contributed by atoms with van der Waals surface area (Å²) in [6.07, 6.45) is 14.7. The predicted molar refractivity (Wildman–Crippen MR) is 95.8 cm³/mol. The average molecular weight is 334 g/mol. The molecular weight excluding hydrogens is 304 g/mol. The molecule has 1 aliphatic carbocycles. The van der Waals surface area contributed by atoms with E-state index in [0.717, 1.165) is 49.7 Å². The van der Waals surface area contributed by atoms with E-state index in [1.807, 2.05) is 18.2 Å². The fourth-order valence-corrected chi connectivity index (χ4v) is 2.75. The summed E-state index contributed by atoms with van der Waals surface area (Å²) < 4.78 is 0. The maximum Gasteiger partial charge on any atom is 0.303 e. The van der Waals surface area contributed by atoms with Gasteiger partial charge in [-0.1, -0.05) is 44.1 Å². The van der Waals surface area contributed by atoms with Gasteiger partial charge in [0, 0.05) is 18.4 Å². The summed E-state index contributed by atoms with van der Waals surface area (Å²) in [5.41, 5.74) is 1.90. The van der Waals surface area contributed by atoms with Gasteiger partial charge in [0.25, 0.3) is 0 Å². The van der Waals surface area contributed by atoms with Crippen LogP contribution in [-0.4, -0.2) is 28.1 Å². The zero-order valence-electron chi connectivity index (χ0n) is 14.7. The number of ketones is 1. The summed E-state index contributed by atoms with van der Waals surface area (Å²) in [6, 6.07) is 0. The molecule has 0 aliphatic heterocycles. The summed E-state index contributed by atoms with van der Waals surface area (Å²) in [7, 11) is 0. The molecule has 0 unspecified atom stereocenters. The standard InChI is InChI=1S/C20H30O4/c1-2-3-9-17(21)14-12-16-13-15-19(22)18(16)10-7-5-4-6-8-11-20(23)24/h5,7,12,14,17,21H,2-4,6,8-11,13,15H2,1H3,(H,23,24)/b7-5-,14-12+/t17-/m0/s1. The van der Waals surface area contributed by atoms with Crippen molar-refractivity contribution < 1.29 is 19.8 Å². The highest BCUT2D eigenvalue weighted by molar-refractivity contribution is 5.99. The van der Waals surface area contributed by atoms with Gasteiger partial charge in [-0.3, -0.25) is 9.59 Å². The van der Waals surface area contributed by atoms with Crippen LogP contribution in [-0.2, 0) is 9.59 Å². The second-order valence-corrected chi connectivity index (χ2v) is 6.31. The first-order chi connectivity index (χ1) is 11.5. The third-order valence-corrected chi connectivity index (χ3v) is 4.22. The molecule has 134 valence electrons. The first kappa shape index (κ1) is 20.4. The van der Waals surface area contributed by atoms with Crippen LogP contribution in [0.1, 0.15) is 71.1 Å². The normalized spacial score (nSPS) is 16.7. The van der Waals surface area contributed by atoms with Gasteiger partial charge in [-0.2, -0.15) is 0 Å². The number of carbonyl (C=O) groups is 2. The van der Waals surface area contributed by atoms with Crippen molar-refractivity contribution in [1.29, 1.82) is 0 Å². The maximum absolute atomic E-state index is 12.0. The van der Waals surface area contributed by atoms with Gasteiger partial charge in [0.2, 0.25) is 0 Å². The first-order valence-electron chi connectivity index (χ1n) is 9.02. The van der Waals surface area contributed by atoms with E-state index in [4.69, 9.17) is 5.11 Å². The van der Waals surface area contributed by atoms with Crippen LogP contribution in [0.4, 0.5) is 0 Å². The van der Waals surface area contributed by atoms with Crippen molar-refractivity contribution in [3.05, 3.63) is 35.5 Å². The highest BCUT2D eigenvalue weighted by Gasteiger charge is 2.20.